The first-order valence-corrected chi connectivity index (χ1v) is 7.73. The Labute approximate surface area is 115 Å². The fraction of sp³-hybridized carbons (Fsp3) is 0.867. The Morgan fingerprint density at radius 2 is 2.11 bits per heavy atom. The third-order valence-electron chi connectivity index (χ3n) is 4.44. The van der Waals surface area contributed by atoms with Gasteiger partial charge in [-0.25, -0.2) is 0 Å². The normalized spacial score (nSPS) is 30.2. The Morgan fingerprint density at radius 3 is 2.84 bits per heavy atom. The van der Waals surface area contributed by atoms with E-state index in [1.165, 1.54) is 32.1 Å². The van der Waals surface area contributed by atoms with Gasteiger partial charge >= 0.3 is 0 Å². The summed E-state index contributed by atoms with van der Waals surface area (Å²) in [5.41, 5.74) is 0.717. The van der Waals surface area contributed by atoms with Crippen molar-refractivity contribution in [3.63, 3.8) is 0 Å². The Hall–Kier alpha value is -0.900. The number of ketones is 1. The summed E-state index contributed by atoms with van der Waals surface area (Å²) in [5.74, 6) is 1.14. The first-order valence-electron chi connectivity index (χ1n) is 7.73. The van der Waals surface area contributed by atoms with Crippen LogP contribution in [0.15, 0.2) is 5.10 Å². The number of hydrazone groups is 1. The summed E-state index contributed by atoms with van der Waals surface area (Å²) in [6.07, 6.45) is 10.2. The summed E-state index contributed by atoms with van der Waals surface area (Å²) < 4.78 is 6.02. The Kier molecular flexibility index (Phi) is 3.87. The minimum Gasteiger partial charge on any atom is -0.352 e. The molecule has 1 saturated carbocycles. The highest BCUT2D eigenvalue weighted by Crippen LogP contribution is 2.34. The predicted molar refractivity (Wildman–Crippen MR) is 73.9 cm³/mol. The van der Waals surface area contributed by atoms with Gasteiger partial charge < -0.3 is 4.74 Å². The number of ether oxygens (including phenoxy) is 1. The first-order chi connectivity index (χ1) is 9.22. The highest BCUT2D eigenvalue weighted by Gasteiger charge is 2.35. The van der Waals surface area contributed by atoms with E-state index in [0.29, 0.717) is 11.8 Å². The molecule has 0 aromatic rings. The van der Waals surface area contributed by atoms with Crippen molar-refractivity contribution in [2.24, 2.45) is 11.0 Å². The summed E-state index contributed by atoms with van der Waals surface area (Å²) in [7, 11) is 0. The molecule has 2 aliphatic heterocycles. The van der Waals surface area contributed by atoms with Gasteiger partial charge in [-0.2, -0.15) is 5.10 Å². The number of unbranched alkanes of at least 4 members (excludes halogenated alkanes) is 1. The van der Waals surface area contributed by atoms with Crippen molar-refractivity contribution in [3.05, 3.63) is 0 Å². The molecule has 0 N–H and O–H groups in total. The number of hydrogen-bond donors (Lipinski definition) is 0. The lowest BCUT2D eigenvalue weighted by atomic mass is 10.1. The van der Waals surface area contributed by atoms with Crippen molar-refractivity contribution >= 4 is 11.5 Å². The van der Waals surface area contributed by atoms with Crippen molar-refractivity contribution in [3.8, 4) is 0 Å². The number of fused-ring (bicyclic) bond motifs is 1. The zero-order valence-corrected chi connectivity index (χ0v) is 11.8. The maximum atomic E-state index is 11.4. The zero-order valence-electron chi connectivity index (χ0n) is 11.8. The van der Waals surface area contributed by atoms with Crippen LogP contribution >= 0.6 is 0 Å². The molecule has 1 aliphatic carbocycles. The summed E-state index contributed by atoms with van der Waals surface area (Å²) >= 11 is 0. The summed E-state index contributed by atoms with van der Waals surface area (Å²) in [4.78, 5) is 11.4. The van der Waals surface area contributed by atoms with Crippen LogP contribution in [0, 0.1) is 5.92 Å². The lowest BCUT2D eigenvalue weighted by molar-refractivity contribution is -0.111. The largest absolute Gasteiger partial charge is 0.352 e. The fourth-order valence-electron chi connectivity index (χ4n) is 3.07. The van der Waals surface area contributed by atoms with Gasteiger partial charge in [-0.15, -0.1) is 0 Å². The topological polar surface area (TPSA) is 41.9 Å². The maximum absolute atomic E-state index is 11.4. The molecule has 0 bridgehead atoms. The van der Waals surface area contributed by atoms with Crippen LogP contribution in [0.1, 0.15) is 58.3 Å². The first kappa shape index (κ1) is 13.1. The molecule has 2 atom stereocenters. The van der Waals surface area contributed by atoms with Crippen molar-refractivity contribution in [1.82, 2.24) is 5.01 Å². The lowest BCUT2D eigenvalue weighted by Crippen LogP contribution is -2.33. The van der Waals surface area contributed by atoms with E-state index < -0.39 is 0 Å². The molecule has 4 nitrogen and oxygen atoms in total. The second-order valence-corrected chi connectivity index (χ2v) is 6.20. The van der Waals surface area contributed by atoms with Crippen molar-refractivity contribution in [1.29, 1.82) is 0 Å². The number of Topliss-reactive ketones (excluding diaryl/α,β-unsaturated/α-hetero) is 1. The third-order valence-corrected chi connectivity index (χ3v) is 4.44. The Balaban J connectivity index is 1.42. The average Bonchev–Trinajstić information content (AvgIpc) is 3.12. The van der Waals surface area contributed by atoms with Gasteiger partial charge in [-0.1, -0.05) is 32.1 Å². The smallest absolute Gasteiger partial charge is 0.175 e. The summed E-state index contributed by atoms with van der Waals surface area (Å²) in [6.45, 7) is 2.47. The Morgan fingerprint density at radius 1 is 1.32 bits per heavy atom. The second kappa shape index (κ2) is 5.61. The molecule has 106 valence electrons. The molecular formula is C15H24N2O2. The van der Waals surface area contributed by atoms with E-state index in [1.807, 2.05) is 5.01 Å². The van der Waals surface area contributed by atoms with Crippen molar-refractivity contribution in [2.45, 2.75) is 70.6 Å². The monoisotopic (exact) mass is 264 g/mol. The van der Waals surface area contributed by atoms with E-state index in [-0.39, 0.29) is 12.0 Å². The van der Waals surface area contributed by atoms with E-state index in [2.05, 4.69) is 5.10 Å². The van der Waals surface area contributed by atoms with E-state index in [4.69, 9.17) is 4.74 Å². The van der Waals surface area contributed by atoms with E-state index in [1.54, 1.807) is 6.92 Å². The predicted octanol–water partition coefficient (Wildman–Crippen LogP) is 2.72. The molecule has 0 radical (unpaired) electrons. The van der Waals surface area contributed by atoms with Gasteiger partial charge in [0.25, 0.3) is 0 Å². The van der Waals surface area contributed by atoms with Gasteiger partial charge in [-0.3, -0.25) is 9.80 Å². The highest BCUT2D eigenvalue weighted by molar-refractivity contribution is 6.38. The van der Waals surface area contributed by atoms with Crippen molar-refractivity contribution < 1.29 is 9.53 Å². The van der Waals surface area contributed by atoms with Crippen molar-refractivity contribution in [2.75, 3.05) is 6.54 Å². The minimum absolute atomic E-state index is 0.103. The molecule has 2 heterocycles. The van der Waals surface area contributed by atoms with Gasteiger partial charge in [0.15, 0.2) is 5.78 Å². The van der Waals surface area contributed by atoms with Crippen LogP contribution in [0.25, 0.3) is 0 Å². The molecule has 0 amide bonds. The number of carbonyl (C=O) groups is 1. The molecule has 4 heteroatoms. The molecule has 1 saturated heterocycles. The second-order valence-electron chi connectivity index (χ2n) is 6.20. The number of hydrogen-bond acceptors (Lipinski definition) is 4. The standard InChI is InChI=1S/C15H24N2O2/c1-11(18)14-8-9-15-17(16-14)10-13(19-15)5-3-2-4-12-6-7-12/h12-13,15H,2-10H2,1H3. The van der Waals surface area contributed by atoms with Gasteiger partial charge in [-0.05, 0) is 25.2 Å². The SMILES string of the molecule is CC(=O)C1=NN2CC(CCCCC3CC3)OC2CC1. The third kappa shape index (κ3) is 3.35. The molecule has 0 spiro atoms. The number of carbonyl (C=O) groups excluding carboxylic acids is 1. The van der Waals surface area contributed by atoms with Gasteiger partial charge in [0, 0.05) is 6.92 Å². The van der Waals surface area contributed by atoms with Crippen LogP contribution in [0.5, 0.6) is 0 Å². The summed E-state index contributed by atoms with van der Waals surface area (Å²) in [5, 5.41) is 6.43. The Bertz CT molecular complexity index is 376. The van der Waals surface area contributed by atoms with Crippen LogP contribution < -0.4 is 0 Å². The van der Waals surface area contributed by atoms with Gasteiger partial charge in [0.1, 0.15) is 11.9 Å². The minimum atomic E-state index is 0.103. The quantitative estimate of drug-likeness (QED) is 0.693. The van der Waals surface area contributed by atoms with E-state index in [0.717, 1.165) is 31.7 Å². The van der Waals surface area contributed by atoms with Gasteiger partial charge in [0.05, 0.1) is 12.6 Å². The molecule has 0 aromatic carbocycles. The van der Waals surface area contributed by atoms with Crippen LogP contribution in [0.4, 0.5) is 0 Å². The molecule has 3 aliphatic rings. The molecule has 2 fully saturated rings. The van der Waals surface area contributed by atoms with Crippen LogP contribution in [-0.4, -0.2) is 35.4 Å². The number of nitrogens with zero attached hydrogens (tertiary/aromatic N) is 2. The summed E-state index contributed by atoms with van der Waals surface area (Å²) in [6, 6.07) is 0. The molecular weight excluding hydrogens is 240 g/mol. The van der Waals surface area contributed by atoms with E-state index in [9.17, 15) is 4.79 Å². The van der Waals surface area contributed by atoms with Gasteiger partial charge in [0.2, 0.25) is 0 Å². The molecule has 3 rings (SSSR count). The molecule has 19 heavy (non-hydrogen) atoms. The van der Waals surface area contributed by atoms with Crippen LogP contribution in [-0.2, 0) is 9.53 Å². The fourth-order valence-corrected chi connectivity index (χ4v) is 3.07. The number of rotatable bonds is 6. The highest BCUT2D eigenvalue weighted by atomic mass is 16.5. The van der Waals surface area contributed by atoms with Crippen LogP contribution in [0.3, 0.4) is 0 Å². The average molecular weight is 264 g/mol. The molecule has 0 aromatic heterocycles. The zero-order chi connectivity index (χ0) is 13.2. The molecule has 2 unspecified atom stereocenters. The van der Waals surface area contributed by atoms with E-state index >= 15 is 0 Å². The maximum Gasteiger partial charge on any atom is 0.175 e. The van der Waals surface area contributed by atoms with Crippen LogP contribution in [0.2, 0.25) is 0 Å². The lowest BCUT2D eigenvalue weighted by Gasteiger charge is -2.25.